The molecule has 0 radical (unpaired) electrons. The molecule has 0 saturated carbocycles. The summed E-state index contributed by atoms with van der Waals surface area (Å²) in [5.74, 6) is -0.780. The quantitative estimate of drug-likeness (QED) is 0.452. The molecule has 2 aromatic rings. The molecule has 8 heteroatoms. The van der Waals surface area contributed by atoms with Gasteiger partial charge in [0.25, 0.3) is 5.56 Å². The molecular formula is C11H8BrFN4OS. The minimum atomic E-state index is -0.552. The van der Waals surface area contributed by atoms with E-state index in [1.165, 1.54) is 24.4 Å². The van der Waals surface area contributed by atoms with Gasteiger partial charge in [-0.25, -0.2) is 9.37 Å². The topological polar surface area (TPSA) is 95.6 Å². The summed E-state index contributed by atoms with van der Waals surface area (Å²) in [7, 11) is 0. The molecule has 0 bridgehead atoms. The number of hydrogen-bond donors (Lipinski definition) is 3. The van der Waals surface area contributed by atoms with Crippen LogP contribution in [-0.4, -0.2) is 15.8 Å². The van der Waals surface area contributed by atoms with Crippen molar-refractivity contribution in [3.8, 4) is 0 Å². The summed E-state index contributed by atoms with van der Waals surface area (Å²) in [6, 6.07) is 4.28. The number of halogens is 2. The van der Waals surface area contributed by atoms with Crippen molar-refractivity contribution in [1.82, 2.24) is 9.97 Å². The standard InChI is InChI=1S/C11H8BrFN4OS/c12-8-5(10(14)15)1-2-6(9(8)13)19-11-16-4-3-7(18)17-11/h1-4H,(H3,14,15)(H,16,17,18). The molecule has 0 saturated heterocycles. The second kappa shape index (κ2) is 5.54. The first-order valence-corrected chi connectivity index (χ1v) is 6.65. The normalized spacial score (nSPS) is 10.4. The Balaban J connectivity index is 2.39. The van der Waals surface area contributed by atoms with Crippen LogP contribution < -0.4 is 11.3 Å². The molecule has 19 heavy (non-hydrogen) atoms. The fourth-order valence-electron chi connectivity index (χ4n) is 1.33. The molecule has 0 aliphatic rings. The summed E-state index contributed by atoms with van der Waals surface area (Å²) >= 11 is 4.04. The predicted molar refractivity (Wildman–Crippen MR) is 74.1 cm³/mol. The molecule has 4 N–H and O–H groups in total. The third kappa shape index (κ3) is 3.02. The van der Waals surface area contributed by atoms with Gasteiger partial charge in [0.1, 0.15) is 5.84 Å². The number of rotatable bonds is 3. The number of nitrogen functional groups attached to an aromatic ring is 1. The summed E-state index contributed by atoms with van der Waals surface area (Å²) in [5.41, 5.74) is 5.29. The molecule has 1 aromatic carbocycles. The van der Waals surface area contributed by atoms with E-state index in [1.54, 1.807) is 0 Å². The minimum absolute atomic E-state index is 0.114. The van der Waals surface area contributed by atoms with Gasteiger partial charge in [-0.2, -0.15) is 0 Å². The first-order valence-electron chi connectivity index (χ1n) is 5.04. The van der Waals surface area contributed by atoms with Crippen LogP contribution in [-0.2, 0) is 0 Å². The molecule has 1 aromatic heterocycles. The summed E-state index contributed by atoms with van der Waals surface area (Å²) < 4.78 is 14.2. The smallest absolute Gasteiger partial charge is 0.251 e. The zero-order valence-electron chi connectivity index (χ0n) is 9.41. The van der Waals surface area contributed by atoms with Gasteiger partial charge in [-0.1, -0.05) is 0 Å². The number of H-pyrrole nitrogens is 1. The molecule has 1 heterocycles. The Morgan fingerprint density at radius 1 is 1.47 bits per heavy atom. The van der Waals surface area contributed by atoms with Gasteiger partial charge in [0, 0.05) is 17.8 Å². The van der Waals surface area contributed by atoms with E-state index < -0.39 is 5.82 Å². The lowest BCUT2D eigenvalue weighted by atomic mass is 10.2. The van der Waals surface area contributed by atoms with Crippen molar-refractivity contribution in [3.05, 3.63) is 50.6 Å². The highest BCUT2D eigenvalue weighted by atomic mass is 79.9. The van der Waals surface area contributed by atoms with Crippen molar-refractivity contribution in [2.45, 2.75) is 10.1 Å². The van der Waals surface area contributed by atoms with Crippen molar-refractivity contribution >= 4 is 33.5 Å². The van der Waals surface area contributed by atoms with Crippen LogP contribution in [0.3, 0.4) is 0 Å². The van der Waals surface area contributed by atoms with Crippen LogP contribution in [0.2, 0.25) is 0 Å². The summed E-state index contributed by atoms with van der Waals surface area (Å²) in [6.07, 6.45) is 1.35. The monoisotopic (exact) mass is 342 g/mol. The Kier molecular flexibility index (Phi) is 4.01. The second-order valence-corrected chi connectivity index (χ2v) is 5.32. The van der Waals surface area contributed by atoms with Crippen LogP contribution >= 0.6 is 27.7 Å². The van der Waals surface area contributed by atoms with Gasteiger partial charge in [-0.3, -0.25) is 10.2 Å². The highest BCUT2D eigenvalue weighted by molar-refractivity contribution is 9.10. The number of benzene rings is 1. The fourth-order valence-corrected chi connectivity index (χ4v) is 2.82. The molecule has 98 valence electrons. The number of nitrogens with one attached hydrogen (secondary N) is 2. The number of aromatic nitrogens is 2. The van der Waals surface area contributed by atoms with E-state index in [1.807, 2.05) is 0 Å². The maximum Gasteiger partial charge on any atom is 0.251 e. The third-order valence-corrected chi connectivity index (χ3v) is 3.90. The molecule has 0 aliphatic carbocycles. The maximum atomic E-state index is 14.1. The van der Waals surface area contributed by atoms with Gasteiger partial charge in [0.05, 0.1) is 9.37 Å². The van der Waals surface area contributed by atoms with E-state index in [0.717, 1.165) is 11.8 Å². The van der Waals surface area contributed by atoms with Crippen molar-refractivity contribution < 1.29 is 4.39 Å². The molecule has 5 nitrogen and oxygen atoms in total. The maximum absolute atomic E-state index is 14.1. The van der Waals surface area contributed by atoms with Gasteiger partial charge in [0.15, 0.2) is 11.0 Å². The number of amidine groups is 1. The van der Waals surface area contributed by atoms with Crippen molar-refractivity contribution in [1.29, 1.82) is 5.41 Å². The van der Waals surface area contributed by atoms with Gasteiger partial charge in [0.2, 0.25) is 0 Å². The van der Waals surface area contributed by atoms with E-state index in [4.69, 9.17) is 11.1 Å². The lowest BCUT2D eigenvalue weighted by molar-refractivity contribution is 0.594. The van der Waals surface area contributed by atoms with Gasteiger partial charge >= 0.3 is 0 Å². The summed E-state index contributed by atoms with van der Waals surface area (Å²) in [4.78, 5) is 17.8. The van der Waals surface area contributed by atoms with Crippen LogP contribution in [0, 0.1) is 11.2 Å². The van der Waals surface area contributed by atoms with Crippen molar-refractivity contribution in [2.24, 2.45) is 5.73 Å². The Hall–Kier alpha value is -1.67. The Labute approximate surface area is 120 Å². The van der Waals surface area contributed by atoms with Crippen LogP contribution in [0.15, 0.2) is 43.7 Å². The number of nitrogens with two attached hydrogens (primary N) is 1. The average Bonchev–Trinajstić information content (AvgIpc) is 2.35. The Bertz CT molecular complexity index is 703. The Morgan fingerprint density at radius 2 is 2.21 bits per heavy atom. The fraction of sp³-hybridized carbons (Fsp3) is 0. The summed E-state index contributed by atoms with van der Waals surface area (Å²) in [6.45, 7) is 0. The van der Waals surface area contributed by atoms with Crippen LogP contribution in [0.25, 0.3) is 0 Å². The van der Waals surface area contributed by atoms with Crippen LogP contribution in [0.5, 0.6) is 0 Å². The first kappa shape index (κ1) is 13.8. The predicted octanol–water partition coefficient (Wildman–Crippen LogP) is 2.11. The number of aromatic amines is 1. The highest BCUT2D eigenvalue weighted by Gasteiger charge is 2.14. The van der Waals surface area contributed by atoms with E-state index in [2.05, 4.69) is 25.9 Å². The second-order valence-electron chi connectivity index (χ2n) is 3.49. The molecule has 0 amide bonds. The van der Waals surface area contributed by atoms with E-state index >= 15 is 0 Å². The lowest BCUT2D eigenvalue weighted by Gasteiger charge is -2.07. The van der Waals surface area contributed by atoms with Gasteiger partial charge in [-0.05, 0) is 39.8 Å². The first-order chi connectivity index (χ1) is 8.99. The zero-order valence-corrected chi connectivity index (χ0v) is 11.8. The molecule has 0 fully saturated rings. The molecule has 2 rings (SSSR count). The van der Waals surface area contributed by atoms with Crippen LogP contribution in [0.1, 0.15) is 5.56 Å². The van der Waals surface area contributed by atoms with E-state index in [0.29, 0.717) is 0 Å². The van der Waals surface area contributed by atoms with Crippen LogP contribution in [0.4, 0.5) is 4.39 Å². The van der Waals surface area contributed by atoms with E-state index in [-0.39, 0.29) is 31.5 Å². The molecular weight excluding hydrogens is 335 g/mol. The average molecular weight is 343 g/mol. The third-order valence-electron chi connectivity index (χ3n) is 2.19. The minimum Gasteiger partial charge on any atom is -0.384 e. The number of hydrogen-bond acceptors (Lipinski definition) is 4. The van der Waals surface area contributed by atoms with Gasteiger partial charge in [-0.15, -0.1) is 0 Å². The highest BCUT2D eigenvalue weighted by Crippen LogP contribution is 2.32. The van der Waals surface area contributed by atoms with Gasteiger partial charge < -0.3 is 10.7 Å². The molecule has 0 unspecified atom stereocenters. The molecule has 0 spiro atoms. The van der Waals surface area contributed by atoms with Crippen molar-refractivity contribution in [3.63, 3.8) is 0 Å². The van der Waals surface area contributed by atoms with Crippen molar-refractivity contribution in [2.75, 3.05) is 0 Å². The SMILES string of the molecule is N=C(N)c1ccc(Sc2nccc(=O)[nH]2)c(F)c1Br. The largest absolute Gasteiger partial charge is 0.384 e. The Morgan fingerprint density at radius 3 is 2.84 bits per heavy atom. The molecule has 0 aliphatic heterocycles. The summed E-state index contributed by atoms with van der Waals surface area (Å²) in [5, 5.41) is 7.59. The van der Waals surface area contributed by atoms with E-state index in [9.17, 15) is 9.18 Å². The lowest BCUT2D eigenvalue weighted by Crippen LogP contribution is -2.12. The number of nitrogens with zero attached hydrogens (tertiary/aromatic N) is 1. The molecule has 0 atom stereocenters. The zero-order chi connectivity index (χ0) is 14.0.